The molecule has 1 N–H and O–H groups in total. The number of carbonyl (C=O) groups excluding carboxylic acids is 1. The Labute approximate surface area is 205 Å². The van der Waals surface area contributed by atoms with Crippen molar-refractivity contribution in [2.75, 3.05) is 39.1 Å². The summed E-state index contributed by atoms with van der Waals surface area (Å²) in [6.45, 7) is 8.01. The zero-order valence-electron chi connectivity index (χ0n) is 20.7. The maximum atomic E-state index is 13.0. The smallest absolute Gasteiger partial charge is 0.415 e. The van der Waals surface area contributed by atoms with Crippen LogP contribution in [-0.2, 0) is 0 Å². The van der Waals surface area contributed by atoms with Crippen LogP contribution in [0.2, 0.25) is 0 Å². The van der Waals surface area contributed by atoms with Crippen molar-refractivity contribution in [1.82, 2.24) is 19.8 Å². The number of benzene rings is 2. The number of hydrogen-bond donors (Lipinski definition) is 1. The second-order valence-corrected chi connectivity index (χ2v) is 8.92. The molecule has 2 aromatic carbocycles. The van der Waals surface area contributed by atoms with E-state index in [1.54, 1.807) is 23.1 Å². The number of nitrogens with one attached hydrogen (secondary N) is 1. The molecule has 1 saturated heterocycles. The van der Waals surface area contributed by atoms with E-state index in [9.17, 15) is 10.1 Å². The fourth-order valence-electron chi connectivity index (χ4n) is 4.33. The Hall–Kier alpha value is -3.90. The Morgan fingerprint density at radius 2 is 2.03 bits per heavy atom. The number of amides is 1. The van der Waals surface area contributed by atoms with Crippen LogP contribution in [0.5, 0.6) is 11.5 Å². The van der Waals surface area contributed by atoms with Gasteiger partial charge >= 0.3 is 6.09 Å². The van der Waals surface area contributed by atoms with Gasteiger partial charge in [0.15, 0.2) is 11.5 Å². The van der Waals surface area contributed by atoms with Gasteiger partial charge in [0.1, 0.15) is 11.6 Å². The number of likely N-dealkylation sites (N-methyl/N-ethyl adjacent to an activating group) is 1. The standard InChI is InChI=1S/C26H30N6O3/c1-16-15-31(4)9-10-32(16)26(33)35-24-12-21-22(13-23(24)34-5)29-18(3)30-25(21)28-17(2)20-8-6-7-19(11-20)14-27/h6-8,11-13,16-17H,9-10,15H2,1-5H3,(H,28,29,30)/t16?,17-/m1/s1. The highest BCUT2D eigenvalue weighted by molar-refractivity contribution is 5.92. The molecule has 9 heteroatoms. The first-order valence-electron chi connectivity index (χ1n) is 11.6. The van der Waals surface area contributed by atoms with Crippen molar-refractivity contribution in [3.63, 3.8) is 0 Å². The van der Waals surface area contributed by atoms with Crippen molar-refractivity contribution >= 4 is 22.8 Å². The highest BCUT2D eigenvalue weighted by Crippen LogP contribution is 2.36. The number of nitrogens with zero attached hydrogens (tertiary/aromatic N) is 5. The van der Waals surface area contributed by atoms with E-state index in [-0.39, 0.29) is 12.1 Å². The van der Waals surface area contributed by atoms with E-state index >= 15 is 0 Å². The largest absolute Gasteiger partial charge is 0.493 e. The van der Waals surface area contributed by atoms with E-state index in [2.05, 4.69) is 26.3 Å². The first-order valence-corrected chi connectivity index (χ1v) is 11.6. The van der Waals surface area contributed by atoms with E-state index in [0.717, 1.165) is 18.7 Å². The van der Waals surface area contributed by atoms with E-state index in [0.29, 0.717) is 46.2 Å². The summed E-state index contributed by atoms with van der Waals surface area (Å²) in [5.74, 6) is 1.93. The number of fused-ring (bicyclic) bond motifs is 1. The van der Waals surface area contributed by atoms with E-state index in [4.69, 9.17) is 9.47 Å². The van der Waals surface area contributed by atoms with Crippen molar-refractivity contribution in [2.24, 2.45) is 0 Å². The SMILES string of the molecule is COc1cc2nc(C)nc(N[C@H](C)c3cccc(C#N)c3)c2cc1OC(=O)N1CCN(C)CC1C. The molecule has 1 amide bonds. The Morgan fingerprint density at radius 1 is 1.23 bits per heavy atom. The fraction of sp³-hybridized carbons (Fsp3) is 0.385. The molecule has 0 saturated carbocycles. The van der Waals surface area contributed by atoms with Crippen LogP contribution in [-0.4, -0.2) is 65.7 Å². The average molecular weight is 475 g/mol. The molecule has 0 bridgehead atoms. The van der Waals surface area contributed by atoms with Gasteiger partial charge in [-0.15, -0.1) is 0 Å². The first kappa shape index (κ1) is 24.2. The minimum Gasteiger partial charge on any atom is -0.493 e. The predicted octanol–water partition coefficient (Wildman–Crippen LogP) is 4.13. The van der Waals surface area contributed by atoms with Crippen molar-refractivity contribution in [1.29, 1.82) is 5.26 Å². The predicted molar refractivity (Wildman–Crippen MR) is 134 cm³/mol. The lowest BCUT2D eigenvalue weighted by Crippen LogP contribution is -2.53. The van der Waals surface area contributed by atoms with E-state index in [1.807, 2.05) is 46.0 Å². The topological polar surface area (TPSA) is 104 Å². The van der Waals surface area contributed by atoms with Crippen LogP contribution in [0.15, 0.2) is 36.4 Å². The van der Waals surface area contributed by atoms with Crippen LogP contribution in [0.3, 0.4) is 0 Å². The molecule has 0 aliphatic carbocycles. The van der Waals surface area contributed by atoms with Crippen LogP contribution in [0, 0.1) is 18.3 Å². The molecule has 3 aromatic rings. The Balaban J connectivity index is 1.67. The van der Waals surface area contributed by atoms with Crippen molar-refractivity contribution < 1.29 is 14.3 Å². The van der Waals surface area contributed by atoms with E-state index in [1.165, 1.54) is 7.11 Å². The number of rotatable bonds is 5. The highest BCUT2D eigenvalue weighted by atomic mass is 16.6. The number of hydrogen-bond acceptors (Lipinski definition) is 8. The van der Waals surface area contributed by atoms with Gasteiger partial charge in [0.2, 0.25) is 0 Å². The molecule has 1 fully saturated rings. The third kappa shape index (κ3) is 5.28. The van der Waals surface area contributed by atoms with Crippen LogP contribution in [0.25, 0.3) is 10.9 Å². The van der Waals surface area contributed by atoms with Gasteiger partial charge in [-0.05, 0) is 51.6 Å². The zero-order chi connectivity index (χ0) is 25.1. The number of anilines is 1. The van der Waals surface area contributed by atoms with Crippen LogP contribution in [0.1, 0.15) is 36.8 Å². The zero-order valence-corrected chi connectivity index (χ0v) is 20.7. The summed E-state index contributed by atoms with van der Waals surface area (Å²) < 4.78 is 11.3. The molecule has 9 nitrogen and oxygen atoms in total. The molecule has 1 aromatic heterocycles. The molecule has 1 unspecified atom stereocenters. The normalized spacial score (nSPS) is 17.0. The van der Waals surface area contributed by atoms with Gasteiger partial charge in [-0.3, -0.25) is 0 Å². The molecule has 0 radical (unpaired) electrons. The van der Waals surface area contributed by atoms with Gasteiger partial charge in [0.25, 0.3) is 0 Å². The monoisotopic (exact) mass is 474 g/mol. The quantitative estimate of drug-likeness (QED) is 0.589. The molecule has 35 heavy (non-hydrogen) atoms. The van der Waals surface area contributed by atoms with Crippen molar-refractivity contribution in [3.8, 4) is 17.6 Å². The second kappa shape index (κ2) is 10.2. The molecular formula is C26H30N6O3. The number of piperazine rings is 1. The molecule has 2 atom stereocenters. The lowest BCUT2D eigenvalue weighted by atomic mass is 10.1. The minimum absolute atomic E-state index is 0.0425. The maximum Gasteiger partial charge on any atom is 0.415 e. The Morgan fingerprint density at radius 3 is 2.74 bits per heavy atom. The lowest BCUT2D eigenvalue weighted by molar-refractivity contribution is 0.0886. The summed E-state index contributed by atoms with van der Waals surface area (Å²) in [6.07, 6.45) is -0.410. The van der Waals surface area contributed by atoms with E-state index < -0.39 is 6.09 Å². The summed E-state index contributed by atoms with van der Waals surface area (Å²) in [5.41, 5.74) is 2.22. The third-order valence-electron chi connectivity index (χ3n) is 6.22. The summed E-state index contributed by atoms with van der Waals surface area (Å²) in [5, 5.41) is 13.4. The first-order chi connectivity index (χ1) is 16.8. The Kier molecular flexibility index (Phi) is 7.03. The summed E-state index contributed by atoms with van der Waals surface area (Å²) in [6, 6.07) is 13.0. The van der Waals surface area contributed by atoms with Crippen LogP contribution in [0.4, 0.5) is 10.6 Å². The average Bonchev–Trinajstić information content (AvgIpc) is 2.83. The van der Waals surface area contributed by atoms with Crippen molar-refractivity contribution in [2.45, 2.75) is 32.9 Å². The fourth-order valence-corrected chi connectivity index (χ4v) is 4.33. The number of carbonyl (C=O) groups is 1. The minimum atomic E-state index is -0.410. The summed E-state index contributed by atoms with van der Waals surface area (Å²) in [4.78, 5) is 26.1. The van der Waals surface area contributed by atoms with Gasteiger partial charge in [0.05, 0.1) is 30.3 Å². The van der Waals surface area contributed by atoms with Crippen LogP contribution >= 0.6 is 0 Å². The number of aryl methyl sites for hydroxylation is 1. The molecular weight excluding hydrogens is 444 g/mol. The van der Waals surface area contributed by atoms with Gasteiger partial charge in [-0.25, -0.2) is 14.8 Å². The van der Waals surface area contributed by atoms with Gasteiger partial charge in [0, 0.05) is 37.1 Å². The molecule has 182 valence electrons. The van der Waals surface area contributed by atoms with Crippen molar-refractivity contribution in [3.05, 3.63) is 53.3 Å². The number of aromatic nitrogens is 2. The highest BCUT2D eigenvalue weighted by Gasteiger charge is 2.28. The van der Waals surface area contributed by atoms with Gasteiger partial charge in [-0.1, -0.05) is 12.1 Å². The van der Waals surface area contributed by atoms with Gasteiger partial charge < -0.3 is 24.6 Å². The molecule has 1 aliphatic rings. The summed E-state index contributed by atoms with van der Waals surface area (Å²) in [7, 11) is 3.58. The van der Waals surface area contributed by atoms with Gasteiger partial charge in [-0.2, -0.15) is 5.26 Å². The maximum absolute atomic E-state index is 13.0. The number of nitriles is 1. The second-order valence-electron chi connectivity index (χ2n) is 8.92. The third-order valence-corrected chi connectivity index (χ3v) is 6.22. The molecule has 1 aliphatic heterocycles. The summed E-state index contributed by atoms with van der Waals surface area (Å²) >= 11 is 0. The lowest BCUT2D eigenvalue weighted by Gasteiger charge is -2.37. The number of ether oxygens (including phenoxy) is 2. The molecule has 2 heterocycles. The van der Waals surface area contributed by atoms with Crippen LogP contribution < -0.4 is 14.8 Å². The molecule has 4 rings (SSSR count). The Bertz CT molecular complexity index is 1290. The molecule has 0 spiro atoms. The number of methoxy groups -OCH3 is 1.